The van der Waals surface area contributed by atoms with Crippen LogP contribution in [0.4, 0.5) is 0 Å². The van der Waals surface area contributed by atoms with Gasteiger partial charge in [0.05, 0.1) is 38.9 Å². The summed E-state index contributed by atoms with van der Waals surface area (Å²) in [4.78, 5) is 0. The fourth-order valence-corrected chi connectivity index (χ4v) is 0. The summed E-state index contributed by atoms with van der Waals surface area (Å²) in [5.41, 5.74) is 0. The lowest BCUT2D eigenvalue weighted by Crippen LogP contribution is -1.88. The molecule has 0 aromatic carbocycles. The zero-order valence-corrected chi connectivity index (χ0v) is 19.4. The lowest BCUT2D eigenvalue weighted by molar-refractivity contribution is 0.368. The van der Waals surface area contributed by atoms with Crippen molar-refractivity contribution in [3.63, 3.8) is 0 Å². The average Bonchev–Trinajstić information content (AvgIpc) is 2.37. The van der Waals surface area contributed by atoms with Gasteiger partial charge in [-0.05, 0) is 0 Å². The molecule has 20 heteroatoms. The van der Waals surface area contributed by atoms with Gasteiger partial charge in [0, 0.05) is 22.3 Å². The maximum Gasteiger partial charge on any atom is 0.466 e. The highest BCUT2D eigenvalue weighted by molar-refractivity contribution is 7.85. The van der Waals surface area contributed by atoms with Crippen LogP contribution in [-0.4, -0.2) is 79.5 Å². The quantitative estimate of drug-likeness (QED) is 0.180. The summed E-state index contributed by atoms with van der Waals surface area (Å²) in [6.45, 7) is 0. The van der Waals surface area contributed by atoms with Crippen LogP contribution in [-0.2, 0) is 67.4 Å². The van der Waals surface area contributed by atoms with E-state index in [4.69, 9.17) is 35.0 Å². The summed E-state index contributed by atoms with van der Waals surface area (Å²) < 4.78 is 113. The fraction of sp³-hybridized carbons (Fsp3) is 0.571. The summed E-state index contributed by atoms with van der Waals surface area (Å²) in [5, 5.41) is 0. The predicted octanol–water partition coefficient (Wildman–Crippen LogP) is -2.02. The second-order valence-electron chi connectivity index (χ2n) is 2.09. The molecule has 0 aliphatic rings. The Morgan fingerprint density at radius 3 is 0.963 bits per heavy atom. The van der Waals surface area contributed by atoms with Crippen molar-refractivity contribution < 1.29 is 64.4 Å². The lowest BCUT2D eigenvalue weighted by Gasteiger charge is -1.94. The highest BCUT2D eigenvalue weighted by atomic mass is 32.2. The molecule has 0 heterocycles. The minimum Gasteiger partial charge on any atom is -0.750 e. The van der Waals surface area contributed by atoms with Gasteiger partial charge >= 0.3 is 33.3 Å². The molecule has 0 spiro atoms. The summed E-state index contributed by atoms with van der Waals surface area (Å²) in [7, 11) is -3.33. The minimum atomic E-state index is -3.67. The van der Waals surface area contributed by atoms with Crippen molar-refractivity contribution in [3.8, 4) is 0 Å². The van der Waals surface area contributed by atoms with E-state index < -0.39 is 54.8 Å². The number of hydrogen-bond acceptors (Lipinski definition) is 12. The maximum absolute atomic E-state index is 9.37. The Labute approximate surface area is 169 Å². The third-order valence-corrected chi connectivity index (χ3v) is 1.29. The Morgan fingerprint density at radius 2 is 0.963 bits per heavy atom. The van der Waals surface area contributed by atoms with E-state index in [2.05, 4.69) is 12.5 Å². The van der Waals surface area contributed by atoms with E-state index in [-0.39, 0.29) is 22.3 Å². The molecule has 27 heavy (non-hydrogen) atoms. The first kappa shape index (κ1) is 50.3. The van der Waals surface area contributed by atoms with Crippen molar-refractivity contribution in [1.29, 1.82) is 0 Å². The zero-order valence-electron chi connectivity index (χ0n) is 15.3. The molecule has 0 rings (SSSR count). The van der Waals surface area contributed by atoms with Crippen molar-refractivity contribution in [3.05, 3.63) is 22.3 Å². The summed E-state index contributed by atoms with van der Waals surface area (Å²) in [6.07, 6.45) is 0.715. The van der Waals surface area contributed by atoms with E-state index in [1.807, 2.05) is 0 Å². The molecule has 0 bridgehead atoms. The standard InChI is InChI=1S/4CH4O3S.3CH3.O3S/c1-5(2,3)4;3*1-4-5(2)3;;;;1-4(2)3/h1H3,(H,2,3,4);3*1H3,(H,2,3);3*1H3;/q;;;;3*+1;. The highest BCUT2D eigenvalue weighted by Gasteiger charge is 1.84. The van der Waals surface area contributed by atoms with E-state index in [0.717, 1.165) is 14.2 Å². The molecule has 170 valence electrons. The van der Waals surface area contributed by atoms with Crippen molar-refractivity contribution in [1.82, 2.24) is 0 Å². The molecular formula is C7H25O15S5+3. The van der Waals surface area contributed by atoms with Crippen LogP contribution in [0.5, 0.6) is 0 Å². The van der Waals surface area contributed by atoms with E-state index >= 15 is 0 Å². The molecule has 0 aromatic heterocycles. The molecule has 0 aliphatic heterocycles. The molecule has 0 aromatic rings. The van der Waals surface area contributed by atoms with Gasteiger partial charge in [-0.2, -0.15) is 12.6 Å². The maximum atomic E-state index is 9.37. The van der Waals surface area contributed by atoms with E-state index in [1.54, 1.807) is 0 Å². The monoisotopic (exact) mass is 509 g/mol. The Hall–Kier alpha value is -0.650. The van der Waals surface area contributed by atoms with Gasteiger partial charge in [0.25, 0.3) is 10.1 Å². The van der Waals surface area contributed by atoms with Crippen LogP contribution in [0.15, 0.2) is 0 Å². The number of rotatable bonds is 3. The fourth-order valence-electron chi connectivity index (χ4n) is 0. The SMILES string of the molecule is COS(=O)O.COS(=O)[O-].COS(=O)[OH2+].CS(=O)(=O)O.O=S(=O)=O.[CH3+].[CH3+].[CH3+]. The Balaban J connectivity index is -0.0000000272. The van der Waals surface area contributed by atoms with Crippen molar-refractivity contribution in [2.75, 3.05) is 27.6 Å². The normalized spacial score (nSPS) is 11.3. The van der Waals surface area contributed by atoms with Crippen LogP contribution in [0, 0.1) is 22.3 Å². The summed E-state index contributed by atoms with van der Waals surface area (Å²) >= 11 is -6.22. The Kier molecular flexibility index (Phi) is 67.6. The first-order chi connectivity index (χ1) is 10.5. The van der Waals surface area contributed by atoms with Crippen LogP contribution in [0.3, 0.4) is 0 Å². The van der Waals surface area contributed by atoms with Gasteiger partial charge in [0.2, 0.25) is 0 Å². The van der Waals surface area contributed by atoms with Gasteiger partial charge in [0.15, 0.2) is 0 Å². The Bertz CT molecular complexity index is 490. The molecule has 0 amide bonds. The van der Waals surface area contributed by atoms with Crippen molar-refractivity contribution in [2.45, 2.75) is 0 Å². The summed E-state index contributed by atoms with van der Waals surface area (Å²) in [5.74, 6) is 0. The molecule has 0 fully saturated rings. The van der Waals surface area contributed by atoms with E-state index in [9.17, 15) is 16.8 Å². The third kappa shape index (κ3) is 483. The highest BCUT2D eigenvalue weighted by Crippen LogP contribution is 1.64. The van der Waals surface area contributed by atoms with Crippen LogP contribution in [0.2, 0.25) is 0 Å². The van der Waals surface area contributed by atoms with Gasteiger partial charge < -0.3 is 13.3 Å². The predicted molar refractivity (Wildman–Crippen MR) is 98.9 cm³/mol. The second-order valence-corrected chi connectivity index (χ2v) is 6.28. The molecule has 0 aliphatic carbocycles. The molecular weight excluding hydrogens is 484 g/mol. The molecule has 15 nitrogen and oxygen atoms in total. The largest absolute Gasteiger partial charge is 0.750 e. The van der Waals surface area contributed by atoms with Crippen LogP contribution < -0.4 is 0 Å². The summed E-state index contributed by atoms with van der Waals surface area (Å²) in [6, 6.07) is 0. The van der Waals surface area contributed by atoms with Crippen molar-refractivity contribution >= 4 is 54.8 Å². The zero-order chi connectivity index (χ0) is 20.9. The first-order valence-electron chi connectivity index (χ1n) is 4.20. The number of hydrogen-bond donors (Lipinski definition) is 2. The average molecular weight is 510 g/mol. The molecule has 0 saturated carbocycles. The molecule has 3 atom stereocenters. The Morgan fingerprint density at radius 1 is 0.852 bits per heavy atom. The third-order valence-electron chi connectivity index (χ3n) is 0.430. The van der Waals surface area contributed by atoms with Gasteiger partial charge in [-0.1, -0.05) is 0 Å². The minimum absolute atomic E-state index is 0. The van der Waals surface area contributed by atoms with Gasteiger partial charge in [-0.3, -0.25) is 13.3 Å². The smallest absolute Gasteiger partial charge is 0.466 e. The molecule has 0 saturated heterocycles. The van der Waals surface area contributed by atoms with Crippen molar-refractivity contribution in [2.24, 2.45) is 0 Å². The topological polar surface area (TPSA) is 251 Å². The van der Waals surface area contributed by atoms with Gasteiger partial charge in [0.1, 0.15) is 0 Å². The van der Waals surface area contributed by atoms with Gasteiger partial charge in [-0.25, -0.2) is 8.39 Å². The van der Waals surface area contributed by atoms with Crippen LogP contribution >= 0.6 is 0 Å². The molecule has 0 radical (unpaired) electrons. The first-order valence-corrected chi connectivity index (χ1v) is 10.2. The van der Waals surface area contributed by atoms with Crippen LogP contribution in [0.1, 0.15) is 0 Å². The molecule has 4 N–H and O–H groups in total. The van der Waals surface area contributed by atoms with Gasteiger partial charge in [-0.15, -0.1) is 16.8 Å². The van der Waals surface area contributed by atoms with E-state index in [1.165, 1.54) is 7.11 Å². The second kappa shape index (κ2) is 36.3. The van der Waals surface area contributed by atoms with E-state index in [0.29, 0.717) is 6.26 Å². The molecule has 3 unspecified atom stereocenters. The van der Waals surface area contributed by atoms with Crippen LogP contribution in [0.25, 0.3) is 0 Å². The lowest BCUT2D eigenvalue weighted by atomic mass is 11.8.